The van der Waals surface area contributed by atoms with Gasteiger partial charge in [-0.3, -0.25) is 9.42 Å². The van der Waals surface area contributed by atoms with E-state index in [1.807, 2.05) is 25.8 Å². The SMILES string of the molecule is CC(C)OCN(C)CCNc1nonc1-c1noc(=O)n1-c1ccc(F)c(Br)c1. The Balaban J connectivity index is 1.77. The van der Waals surface area contributed by atoms with Gasteiger partial charge in [0.15, 0.2) is 5.69 Å². The lowest BCUT2D eigenvalue weighted by Crippen LogP contribution is -2.29. The monoisotopic (exact) mass is 470 g/mol. The largest absolute Gasteiger partial charge is 0.446 e. The molecule has 0 unspecified atom stereocenters. The standard InChI is InChI=1S/C17H20BrFN6O4/c1-10(2)27-9-24(3)7-6-20-15-14(21-29-22-15)16-23-28-17(26)25(16)11-4-5-13(19)12(18)8-11/h4-5,8,10H,6-7,9H2,1-3H3,(H,20,22). The van der Waals surface area contributed by atoms with Crippen molar-refractivity contribution in [3.05, 3.63) is 39.0 Å². The number of rotatable bonds is 9. The summed E-state index contributed by atoms with van der Waals surface area (Å²) in [5.74, 6) is -0.839. The van der Waals surface area contributed by atoms with E-state index in [1.165, 1.54) is 18.2 Å². The molecule has 29 heavy (non-hydrogen) atoms. The number of hydrogen-bond donors (Lipinski definition) is 1. The van der Waals surface area contributed by atoms with Crippen molar-refractivity contribution in [2.24, 2.45) is 0 Å². The average Bonchev–Trinajstić information content (AvgIpc) is 3.28. The Morgan fingerprint density at radius 2 is 2.14 bits per heavy atom. The summed E-state index contributed by atoms with van der Waals surface area (Å²) in [4.78, 5) is 14.2. The molecule has 0 atom stereocenters. The summed E-state index contributed by atoms with van der Waals surface area (Å²) in [6, 6.07) is 4.08. The Bertz CT molecular complexity index is 1020. The van der Waals surface area contributed by atoms with Crippen LogP contribution in [0.4, 0.5) is 10.2 Å². The number of nitrogens with one attached hydrogen (secondary N) is 1. The molecule has 0 aliphatic heterocycles. The van der Waals surface area contributed by atoms with Crippen LogP contribution >= 0.6 is 15.9 Å². The van der Waals surface area contributed by atoms with Crippen LogP contribution in [0.3, 0.4) is 0 Å². The van der Waals surface area contributed by atoms with E-state index in [-0.39, 0.29) is 22.1 Å². The molecule has 0 saturated heterocycles. The molecule has 10 nitrogen and oxygen atoms in total. The minimum absolute atomic E-state index is 0.0775. The summed E-state index contributed by atoms with van der Waals surface area (Å²) in [5.41, 5.74) is 0.538. The van der Waals surface area contributed by atoms with Gasteiger partial charge < -0.3 is 10.1 Å². The molecule has 0 amide bonds. The van der Waals surface area contributed by atoms with E-state index in [0.717, 1.165) is 4.57 Å². The number of aromatic nitrogens is 4. The van der Waals surface area contributed by atoms with Gasteiger partial charge in [-0.1, -0.05) is 5.16 Å². The minimum Gasteiger partial charge on any atom is -0.364 e. The van der Waals surface area contributed by atoms with Gasteiger partial charge in [0.1, 0.15) is 5.82 Å². The quantitative estimate of drug-likeness (QED) is 0.471. The summed E-state index contributed by atoms with van der Waals surface area (Å²) < 4.78 is 30.0. The van der Waals surface area contributed by atoms with Crippen LogP contribution in [0.15, 0.2) is 36.6 Å². The van der Waals surface area contributed by atoms with Gasteiger partial charge in [-0.25, -0.2) is 18.4 Å². The van der Waals surface area contributed by atoms with E-state index in [2.05, 4.69) is 36.7 Å². The maximum atomic E-state index is 13.5. The molecule has 0 spiro atoms. The molecule has 2 heterocycles. The molecule has 0 radical (unpaired) electrons. The highest BCUT2D eigenvalue weighted by atomic mass is 79.9. The molecule has 0 saturated carbocycles. The van der Waals surface area contributed by atoms with Crippen LogP contribution in [0, 0.1) is 5.82 Å². The van der Waals surface area contributed by atoms with Gasteiger partial charge in [-0.2, -0.15) is 0 Å². The molecule has 1 aromatic carbocycles. The van der Waals surface area contributed by atoms with Crippen LogP contribution in [0.1, 0.15) is 13.8 Å². The van der Waals surface area contributed by atoms with Gasteiger partial charge >= 0.3 is 5.76 Å². The number of halogens is 2. The number of benzene rings is 1. The summed E-state index contributed by atoms with van der Waals surface area (Å²) >= 11 is 3.10. The highest BCUT2D eigenvalue weighted by molar-refractivity contribution is 9.10. The molecule has 12 heteroatoms. The van der Waals surface area contributed by atoms with E-state index in [1.54, 1.807) is 0 Å². The number of hydrogen-bond acceptors (Lipinski definition) is 9. The third-order valence-electron chi connectivity index (χ3n) is 3.88. The molecule has 3 rings (SSSR count). The summed E-state index contributed by atoms with van der Waals surface area (Å²) in [6.07, 6.45) is 0.146. The first-order valence-electron chi connectivity index (χ1n) is 8.78. The third-order valence-corrected chi connectivity index (χ3v) is 4.49. The maximum Gasteiger partial charge on any atom is 0.446 e. The highest BCUT2D eigenvalue weighted by Gasteiger charge is 2.23. The van der Waals surface area contributed by atoms with Crippen molar-refractivity contribution < 1.29 is 18.3 Å². The van der Waals surface area contributed by atoms with Gasteiger partial charge in [0.2, 0.25) is 11.6 Å². The Morgan fingerprint density at radius 1 is 1.34 bits per heavy atom. The van der Waals surface area contributed by atoms with Crippen molar-refractivity contribution in [3.8, 4) is 17.2 Å². The molecular formula is C17H20BrFN6O4. The first-order chi connectivity index (χ1) is 13.9. The van der Waals surface area contributed by atoms with Crippen molar-refractivity contribution in [2.75, 3.05) is 32.2 Å². The van der Waals surface area contributed by atoms with Crippen molar-refractivity contribution in [3.63, 3.8) is 0 Å². The van der Waals surface area contributed by atoms with E-state index in [9.17, 15) is 9.18 Å². The molecule has 2 aromatic heterocycles. The number of likely N-dealkylation sites (N-methyl/N-ethyl adjacent to an activating group) is 1. The lowest BCUT2D eigenvalue weighted by molar-refractivity contribution is 0.00640. The first-order valence-corrected chi connectivity index (χ1v) is 9.57. The van der Waals surface area contributed by atoms with Gasteiger partial charge in [0.05, 0.1) is 23.0 Å². The number of nitrogens with zero attached hydrogens (tertiary/aromatic N) is 5. The Hall–Kier alpha value is -2.57. The van der Waals surface area contributed by atoms with Crippen LogP contribution in [0.2, 0.25) is 0 Å². The smallest absolute Gasteiger partial charge is 0.364 e. The Morgan fingerprint density at radius 3 is 2.86 bits per heavy atom. The van der Waals surface area contributed by atoms with Crippen molar-refractivity contribution in [2.45, 2.75) is 20.0 Å². The molecule has 0 aliphatic rings. The fourth-order valence-corrected chi connectivity index (χ4v) is 2.78. The summed E-state index contributed by atoms with van der Waals surface area (Å²) in [5, 5.41) is 14.5. The molecule has 1 N–H and O–H groups in total. The first kappa shape index (κ1) is 21.1. The van der Waals surface area contributed by atoms with Crippen LogP contribution in [0.5, 0.6) is 0 Å². The van der Waals surface area contributed by atoms with Crippen molar-refractivity contribution in [1.82, 2.24) is 24.9 Å². The zero-order chi connectivity index (χ0) is 21.0. The van der Waals surface area contributed by atoms with Gasteiger partial charge in [0.25, 0.3) is 0 Å². The summed E-state index contributed by atoms with van der Waals surface area (Å²) in [7, 11) is 1.92. The second-order valence-electron chi connectivity index (χ2n) is 6.52. The number of ether oxygens (including phenoxy) is 1. The highest BCUT2D eigenvalue weighted by Crippen LogP contribution is 2.26. The Labute approximate surface area is 173 Å². The third kappa shape index (κ3) is 5.08. The van der Waals surface area contributed by atoms with Crippen molar-refractivity contribution in [1.29, 1.82) is 0 Å². The molecular weight excluding hydrogens is 451 g/mol. The Kier molecular flexibility index (Phi) is 6.77. The van der Waals surface area contributed by atoms with Gasteiger partial charge in [0, 0.05) is 13.1 Å². The predicted molar refractivity (Wildman–Crippen MR) is 105 cm³/mol. The van der Waals surface area contributed by atoms with Crippen LogP contribution in [-0.2, 0) is 4.74 Å². The molecule has 0 aliphatic carbocycles. The maximum absolute atomic E-state index is 13.5. The van der Waals surface area contributed by atoms with E-state index in [4.69, 9.17) is 13.9 Å². The second kappa shape index (κ2) is 9.29. The second-order valence-corrected chi connectivity index (χ2v) is 7.37. The van der Waals surface area contributed by atoms with E-state index < -0.39 is 11.6 Å². The fraction of sp³-hybridized carbons (Fsp3) is 0.412. The van der Waals surface area contributed by atoms with Crippen LogP contribution < -0.4 is 11.1 Å². The van der Waals surface area contributed by atoms with E-state index >= 15 is 0 Å². The molecule has 3 aromatic rings. The minimum atomic E-state index is -0.752. The predicted octanol–water partition coefficient (Wildman–Crippen LogP) is 2.50. The fourth-order valence-electron chi connectivity index (χ4n) is 2.41. The number of anilines is 1. The van der Waals surface area contributed by atoms with Gasteiger partial charge in [-0.15, -0.1) is 0 Å². The normalized spacial score (nSPS) is 11.6. The van der Waals surface area contributed by atoms with Crippen LogP contribution in [-0.4, -0.2) is 57.9 Å². The summed E-state index contributed by atoms with van der Waals surface area (Å²) in [6.45, 7) is 5.61. The zero-order valence-electron chi connectivity index (χ0n) is 16.1. The lowest BCUT2D eigenvalue weighted by atomic mass is 10.3. The molecule has 0 fully saturated rings. The van der Waals surface area contributed by atoms with Crippen LogP contribution in [0.25, 0.3) is 17.2 Å². The molecule has 0 bridgehead atoms. The van der Waals surface area contributed by atoms with E-state index in [0.29, 0.717) is 31.3 Å². The lowest BCUT2D eigenvalue weighted by Gasteiger charge is -2.18. The molecule has 156 valence electrons. The topological polar surface area (TPSA) is 111 Å². The average molecular weight is 471 g/mol. The zero-order valence-corrected chi connectivity index (χ0v) is 17.6. The van der Waals surface area contributed by atoms with Crippen molar-refractivity contribution >= 4 is 21.7 Å². The van der Waals surface area contributed by atoms with Gasteiger partial charge in [-0.05, 0) is 65.3 Å².